The average molecular weight is 186 g/mol. The van der Waals surface area contributed by atoms with Crippen molar-refractivity contribution in [3.63, 3.8) is 0 Å². The Bertz CT molecular complexity index is 250. The SMILES string of the molecule is CCC(C)(C)/C(=C/C(=O)O)C(=O)O. The molecule has 0 aliphatic carbocycles. The van der Waals surface area contributed by atoms with E-state index in [1.165, 1.54) is 0 Å². The third-order valence-electron chi connectivity index (χ3n) is 2.11. The summed E-state index contributed by atoms with van der Waals surface area (Å²) < 4.78 is 0. The summed E-state index contributed by atoms with van der Waals surface area (Å²) in [5.74, 6) is -2.40. The van der Waals surface area contributed by atoms with E-state index in [0.29, 0.717) is 6.42 Å². The lowest BCUT2D eigenvalue weighted by molar-refractivity contribution is -0.136. The molecule has 0 spiro atoms. The highest BCUT2D eigenvalue weighted by Gasteiger charge is 2.27. The van der Waals surface area contributed by atoms with Crippen molar-refractivity contribution < 1.29 is 19.8 Å². The Morgan fingerprint density at radius 2 is 1.77 bits per heavy atom. The van der Waals surface area contributed by atoms with Gasteiger partial charge in [-0.25, -0.2) is 9.59 Å². The Morgan fingerprint density at radius 3 is 2.00 bits per heavy atom. The maximum Gasteiger partial charge on any atom is 0.332 e. The van der Waals surface area contributed by atoms with Gasteiger partial charge in [0.1, 0.15) is 0 Å². The summed E-state index contributed by atoms with van der Waals surface area (Å²) in [5, 5.41) is 17.2. The molecule has 0 fully saturated rings. The zero-order chi connectivity index (χ0) is 10.6. The Kier molecular flexibility index (Phi) is 3.66. The van der Waals surface area contributed by atoms with Gasteiger partial charge in [0.2, 0.25) is 0 Å². The van der Waals surface area contributed by atoms with Gasteiger partial charge in [0.05, 0.1) is 0 Å². The van der Waals surface area contributed by atoms with E-state index < -0.39 is 17.4 Å². The largest absolute Gasteiger partial charge is 0.478 e. The van der Waals surface area contributed by atoms with Gasteiger partial charge in [-0.1, -0.05) is 20.8 Å². The summed E-state index contributed by atoms with van der Waals surface area (Å²) in [4.78, 5) is 21.0. The minimum atomic E-state index is -1.22. The summed E-state index contributed by atoms with van der Waals surface area (Å²) in [5.41, 5.74) is -0.674. The summed E-state index contributed by atoms with van der Waals surface area (Å²) in [6.45, 7) is 5.23. The van der Waals surface area contributed by atoms with Crippen LogP contribution in [0.4, 0.5) is 0 Å². The van der Waals surface area contributed by atoms with Crippen molar-refractivity contribution in [1.82, 2.24) is 0 Å². The molecule has 0 aromatic heterocycles. The number of hydrogen-bond acceptors (Lipinski definition) is 2. The van der Waals surface area contributed by atoms with Crippen molar-refractivity contribution in [1.29, 1.82) is 0 Å². The smallest absolute Gasteiger partial charge is 0.332 e. The highest BCUT2D eigenvalue weighted by atomic mass is 16.4. The van der Waals surface area contributed by atoms with Crippen LogP contribution in [0, 0.1) is 5.41 Å². The number of hydrogen-bond donors (Lipinski definition) is 2. The fourth-order valence-corrected chi connectivity index (χ4v) is 0.861. The molecule has 2 N–H and O–H groups in total. The second kappa shape index (κ2) is 4.07. The Balaban J connectivity index is 5.04. The first-order valence-electron chi connectivity index (χ1n) is 3.99. The standard InChI is InChI=1S/C9H14O4/c1-4-9(2,3)6(8(12)13)5-7(10)11/h5H,4H2,1-3H3,(H,10,11)(H,12,13)/b6-5+. The molecule has 4 heteroatoms. The molecule has 0 bridgehead atoms. The van der Waals surface area contributed by atoms with Crippen LogP contribution in [-0.4, -0.2) is 22.2 Å². The van der Waals surface area contributed by atoms with Gasteiger partial charge in [-0.05, 0) is 11.8 Å². The van der Waals surface area contributed by atoms with Gasteiger partial charge >= 0.3 is 11.9 Å². The first-order chi connectivity index (χ1) is 5.81. The monoisotopic (exact) mass is 186 g/mol. The van der Waals surface area contributed by atoms with Crippen LogP contribution in [0.5, 0.6) is 0 Å². The Hall–Kier alpha value is -1.32. The molecule has 0 atom stereocenters. The van der Waals surface area contributed by atoms with Gasteiger partial charge in [-0.2, -0.15) is 0 Å². The molecular weight excluding hydrogens is 172 g/mol. The normalized spacial score (nSPS) is 12.7. The fourth-order valence-electron chi connectivity index (χ4n) is 0.861. The maximum atomic E-state index is 10.7. The van der Waals surface area contributed by atoms with Crippen molar-refractivity contribution in [3.8, 4) is 0 Å². The van der Waals surface area contributed by atoms with Gasteiger partial charge in [-0.15, -0.1) is 0 Å². The second-order valence-corrected chi connectivity index (χ2v) is 3.44. The third kappa shape index (κ3) is 3.27. The lowest BCUT2D eigenvalue weighted by Crippen LogP contribution is -2.21. The van der Waals surface area contributed by atoms with Crippen molar-refractivity contribution >= 4 is 11.9 Å². The number of rotatable bonds is 4. The Labute approximate surface area is 76.9 Å². The lowest BCUT2D eigenvalue weighted by atomic mass is 9.81. The Morgan fingerprint density at radius 1 is 1.31 bits per heavy atom. The highest BCUT2D eigenvalue weighted by molar-refractivity contribution is 5.95. The summed E-state index contributed by atoms with van der Waals surface area (Å²) >= 11 is 0. The molecule has 0 unspecified atom stereocenters. The molecule has 74 valence electrons. The predicted octanol–water partition coefficient (Wildman–Crippen LogP) is 1.52. The number of carboxylic acids is 2. The van der Waals surface area contributed by atoms with Crippen LogP contribution < -0.4 is 0 Å². The molecule has 0 saturated carbocycles. The van der Waals surface area contributed by atoms with Gasteiger partial charge in [0.15, 0.2) is 0 Å². The second-order valence-electron chi connectivity index (χ2n) is 3.44. The summed E-state index contributed by atoms with van der Waals surface area (Å²) in [6, 6.07) is 0. The molecule has 13 heavy (non-hydrogen) atoms. The summed E-state index contributed by atoms with van der Waals surface area (Å²) in [6.07, 6.45) is 1.34. The van der Waals surface area contributed by atoms with E-state index in [9.17, 15) is 9.59 Å². The molecule has 0 saturated heterocycles. The number of carbonyl (C=O) groups is 2. The topological polar surface area (TPSA) is 74.6 Å². The average Bonchev–Trinajstić information content (AvgIpc) is 1.99. The van der Waals surface area contributed by atoms with Crippen LogP contribution in [-0.2, 0) is 9.59 Å². The van der Waals surface area contributed by atoms with E-state index in [0.717, 1.165) is 6.08 Å². The minimum absolute atomic E-state index is 0.0671. The van der Waals surface area contributed by atoms with Gasteiger partial charge in [0, 0.05) is 11.6 Å². The van der Waals surface area contributed by atoms with Crippen molar-refractivity contribution in [2.45, 2.75) is 27.2 Å². The molecule has 0 amide bonds. The van der Waals surface area contributed by atoms with Crippen LogP contribution in [0.3, 0.4) is 0 Å². The van der Waals surface area contributed by atoms with Gasteiger partial charge in [-0.3, -0.25) is 0 Å². The quantitative estimate of drug-likeness (QED) is 0.653. The van der Waals surface area contributed by atoms with Crippen LogP contribution in [0.25, 0.3) is 0 Å². The molecule has 0 rings (SSSR count). The first-order valence-corrected chi connectivity index (χ1v) is 3.99. The van der Waals surface area contributed by atoms with Gasteiger partial charge in [0.25, 0.3) is 0 Å². The molecular formula is C9H14O4. The van der Waals surface area contributed by atoms with Crippen LogP contribution in [0.2, 0.25) is 0 Å². The molecule has 4 nitrogen and oxygen atoms in total. The van der Waals surface area contributed by atoms with E-state index in [4.69, 9.17) is 10.2 Å². The van der Waals surface area contributed by atoms with E-state index in [-0.39, 0.29) is 5.57 Å². The predicted molar refractivity (Wildman–Crippen MR) is 47.4 cm³/mol. The zero-order valence-corrected chi connectivity index (χ0v) is 8.00. The summed E-state index contributed by atoms with van der Waals surface area (Å²) in [7, 11) is 0. The van der Waals surface area contributed by atoms with E-state index in [1.807, 2.05) is 6.92 Å². The maximum absolute atomic E-state index is 10.7. The lowest BCUT2D eigenvalue weighted by Gasteiger charge is -2.22. The van der Waals surface area contributed by atoms with E-state index in [1.54, 1.807) is 13.8 Å². The van der Waals surface area contributed by atoms with Crippen molar-refractivity contribution in [3.05, 3.63) is 11.6 Å². The number of carboxylic acid groups (broad SMARTS) is 2. The van der Waals surface area contributed by atoms with Crippen LogP contribution in [0.15, 0.2) is 11.6 Å². The molecule has 0 aliphatic rings. The molecule has 0 radical (unpaired) electrons. The van der Waals surface area contributed by atoms with Crippen molar-refractivity contribution in [2.75, 3.05) is 0 Å². The van der Waals surface area contributed by atoms with E-state index >= 15 is 0 Å². The number of aliphatic carboxylic acids is 2. The van der Waals surface area contributed by atoms with E-state index in [2.05, 4.69) is 0 Å². The minimum Gasteiger partial charge on any atom is -0.478 e. The third-order valence-corrected chi connectivity index (χ3v) is 2.11. The van der Waals surface area contributed by atoms with Crippen LogP contribution in [0.1, 0.15) is 27.2 Å². The highest BCUT2D eigenvalue weighted by Crippen LogP contribution is 2.29. The van der Waals surface area contributed by atoms with Gasteiger partial charge < -0.3 is 10.2 Å². The molecule has 0 aliphatic heterocycles. The van der Waals surface area contributed by atoms with Crippen molar-refractivity contribution in [2.24, 2.45) is 5.41 Å². The zero-order valence-electron chi connectivity index (χ0n) is 8.00. The fraction of sp³-hybridized carbons (Fsp3) is 0.556. The first kappa shape index (κ1) is 11.7. The molecule has 0 aromatic carbocycles. The molecule has 0 aromatic rings. The van der Waals surface area contributed by atoms with Crippen LogP contribution >= 0.6 is 0 Å². The molecule has 0 heterocycles.